The van der Waals surface area contributed by atoms with Gasteiger partial charge in [-0.25, -0.2) is 64.6 Å². The van der Waals surface area contributed by atoms with Crippen molar-refractivity contribution in [3.63, 3.8) is 0 Å². The van der Waals surface area contributed by atoms with Crippen LogP contribution in [-0.4, -0.2) is 90.8 Å². The number of nitriles is 1. The lowest BCUT2D eigenvalue weighted by Gasteiger charge is -2.26. The first-order chi connectivity index (χ1) is 54.2. The monoisotopic (exact) mass is 1420 g/mol. The van der Waals surface area contributed by atoms with Gasteiger partial charge in [0.25, 0.3) is 0 Å². The second kappa shape index (κ2) is 25.2. The number of nitrogens with zero attached hydrogens (tertiary/aromatic N) is 14. The van der Waals surface area contributed by atoms with E-state index >= 15 is 0 Å². The van der Waals surface area contributed by atoms with Gasteiger partial charge in [0.2, 0.25) is 0 Å². The molecular formula is C90H52N18O2. The zero-order chi connectivity index (χ0) is 73.1. The summed E-state index contributed by atoms with van der Waals surface area (Å²) < 4.78 is 0. The summed E-state index contributed by atoms with van der Waals surface area (Å²) in [6.45, 7) is 0. The smallest absolute Gasteiger partial charge is 0.346 e. The second-order valence-corrected chi connectivity index (χ2v) is 26.9. The largest absolute Gasteiger partial charge is 0.477 e. The molecule has 6 aromatic heterocycles. The van der Waals surface area contributed by atoms with Gasteiger partial charge in [0, 0.05) is 105 Å². The average molecular weight is 1420 g/mol. The molecule has 0 aliphatic carbocycles. The second-order valence-electron chi connectivity index (χ2n) is 26.9. The van der Waals surface area contributed by atoms with E-state index in [1.54, 1.807) is 18.2 Å². The number of rotatable bonds is 9. The van der Waals surface area contributed by atoms with Gasteiger partial charge in [-0.3, -0.25) is 0 Å². The summed E-state index contributed by atoms with van der Waals surface area (Å²) >= 11 is 0. The minimum absolute atomic E-state index is 0.364. The number of aromatic amines is 4. The number of aliphatic carboxylic acids is 1. The van der Waals surface area contributed by atoms with E-state index < -0.39 is 5.97 Å². The molecule has 0 radical (unpaired) electrons. The number of anilines is 3. The number of fused-ring (bicyclic) bond motifs is 40. The number of hydrogen-bond donors (Lipinski definition) is 5. The Morgan fingerprint density at radius 1 is 0.282 bits per heavy atom. The maximum absolute atomic E-state index is 11.9. The Hall–Kier alpha value is -15.9. The first-order valence-corrected chi connectivity index (χ1v) is 35.5. The molecule has 21 rings (SSSR count). The number of aromatic nitrogens is 16. The van der Waals surface area contributed by atoms with E-state index in [0.29, 0.717) is 97.3 Å². The molecule has 16 bridgehead atoms. The molecule has 0 amide bonds. The molecule has 0 saturated heterocycles. The zero-order valence-electron chi connectivity index (χ0n) is 57.8. The third kappa shape index (κ3) is 10.8. The van der Waals surface area contributed by atoms with E-state index in [2.05, 4.69) is 122 Å². The van der Waals surface area contributed by atoms with Crippen molar-refractivity contribution in [2.45, 2.75) is 0 Å². The molecule has 110 heavy (non-hydrogen) atoms. The Morgan fingerprint density at radius 2 is 0.509 bits per heavy atom. The van der Waals surface area contributed by atoms with Gasteiger partial charge >= 0.3 is 5.97 Å². The molecule has 20 nitrogen and oxygen atoms in total. The molecule has 17 aromatic rings. The molecular weight excluding hydrogens is 1370 g/mol. The predicted molar refractivity (Wildman–Crippen MR) is 432 cm³/mol. The van der Waals surface area contributed by atoms with Crippen molar-refractivity contribution in [1.82, 2.24) is 79.7 Å². The fraction of sp³-hybridized carbons (Fsp3) is 0. The van der Waals surface area contributed by atoms with Crippen molar-refractivity contribution in [1.29, 1.82) is 5.26 Å². The van der Waals surface area contributed by atoms with Crippen LogP contribution in [0.15, 0.2) is 260 Å². The van der Waals surface area contributed by atoms with E-state index in [1.165, 1.54) is 6.08 Å². The molecule has 11 aromatic carbocycles. The minimum Gasteiger partial charge on any atom is -0.477 e. The molecule has 4 aliphatic rings. The highest BCUT2D eigenvalue weighted by Crippen LogP contribution is 2.42. The van der Waals surface area contributed by atoms with Crippen LogP contribution < -0.4 is 4.90 Å². The molecule has 0 fully saturated rings. The van der Waals surface area contributed by atoms with E-state index in [-0.39, 0.29) is 5.57 Å². The van der Waals surface area contributed by atoms with E-state index in [9.17, 15) is 15.2 Å². The molecule has 5 N–H and O–H groups in total. The zero-order valence-corrected chi connectivity index (χ0v) is 57.8. The normalized spacial score (nSPS) is 12.2. The van der Waals surface area contributed by atoms with Crippen LogP contribution >= 0.6 is 0 Å². The summed E-state index contributed by atoms with van der Waals surface area (Å²) in [4.78, 5) is 90.2. The third-order valence-corrected chi connectivity index (χ3v) is 20.2. The lowest BCUT2D eigenvalue weighted by atomic mass is 10.0. The van der Waals surface area contributed by atoms with Gasteiger partial charge in [-0.2, -0.15) is 5.26 Å². The van der Waals surface area contributed by atoms with Crippen LogP contribution in [0.5, 0.6) is 0 Å². The molecule has 0 unspecified atom stereocenters. The Kier molecular flexibility index (Phi) is 14.4. The quantitative estimate of drug-likeness (QED) is 0.0510. The van der Waals surface area contributed by atoms with Crippen LogP contribution in [0.3, 0.4) is 0 Å². The predicted octanol–water partition coefficient (Wildman–Crippen LogP) is 19.9. The highest BCUT2D eigenvalue weighted by atomic mass is 16.4. The lowest BCUT2D eigenvalue weighted by molar-refractivity contribution is -0.132. The number of carboxylic acids is 1. The van der Waals surface area contributed by atoms with Gasteiger partial charge in [0.15, 0.2) is 46.6 Å². The number of nitrogens with one attached hydrogen (secondary N) is 4. The van der Waals surface area contributed by atoms with Gasteiger partial charge < -0.3 is 29.9 Å². The van der Waals surface area contributed by atoms with Crippen molar-refractivity contribution in [2.75, 3.05) is 4.90 Å². The van der Waals surface area contributed by atoms with Crippen molar-refractivity contribution in [3.05, 3.63) is 288 Å². The summed E-state index contributed by atoms with van der Waals surface area (Å²) in [5, 5.41) is 26.4. The molecule has 514 valence electrons. The summed E-state index contributed by atoms with van der Waals surface area (Å²) in [5.41, 5.74) is 18.1. The van der Waals surface area contributed by atoms with Crippen LogP contribution in [-0.2, 0) is 4.79 Å². The standard InChI is InChI=1S/C90H52N18O2/c91-48-54(90(109)110)45-51-33-41-57(42-34-51)108(55-37-29-49(30-38-55)25-27-52-35-43-70-72(46-52)88-104-84-68-23-11-9-21-66(68)80(100-84)96-76-60-15-3-1-13-58(60)74(92-76)94-78-62-17-5-7-19-64(62)82(98-78)102-86(70)106-88)56-39-31-50(32-40-56)26-28-53-36-44-71-73(47-53)89-105-85-69-24-12-10-22-67(69)81(101-85)97-77-61-16-4-2-14-59(61)75(93-77)95-79-63-18-6-8-20-65(63)83(99-79)103-87(71)107-89/h1-47H,(H,109,110)(H2,92,94,96,98,100,102,104,106)(H2,93,95,97,99,101,103,105,107)/b27-25+,28-26+,54-45-. The first-order valence-electron chi connectivity index (χ1n) is 35.5. The number of carbonyl (C=O) groups is 1. The van der Waals surface area contributed by atoms with Gasteiger partial charge in [-0.05, 0) is 94.6 Å². The van der Waals surface area contributed by atoms with Crippen LogP contribution in [0.25, 0.3) is 210 Å². The van der Waals surface area contributed by atoms with Crippen molar-refractivity contribution >= 4 is 142 Å². The summed E-state index contributed by atoms with van der Waals surface area (Å²) in [6, 6.07) is 86.3. The Labute approximate surface area is 623 Å². The average Bonchev–Trinajstić information content (AvgIpc) is 1.60. The minimum atomic E-state index is -1.30. The van der Waals surface area contributed by atoms with Crippen molar-refractivity contribution in [3.8, 4) is 97.2 Å². The fourth-order valence-electron chi connectivity index (χ4n) is 14.9. The SMILES string of the molecule is N#C/C(=C/c1ccc(N(c2ccc(/C=C/c3ccc4c(c3)-c3nc-4nc4[nH]c(nc5nc(nc6[nH]c(n3)c3ccccc63)-c3ccccc3-5)c3ccccc43)cc2)c2ccc(/C=C/c3ccc4c(c3)-c3nc-4nc4[nH]c(nc5nc(nc6[nH]c(n3)c3ccccc63)-c3ccccc3-5)c3ccccc43)cc2)cc1)C(=O)O. The number of carboxylic acid groups (broad SMARTS) is 1. The molecule has 20 heteroatoms. The molecule has 0 spiro atoms. The van der Waals surface area contributed by atoms with Gasteiger partial charge in [-0.15, -0.1) is 0 Å². The van der Waals surface area contributed by atoms with Crippen molar-refractivity contribution in [2.24, 2.45) is 0 Å². The third-order valence-electron chi connectivity index (χ3n) is 20.2. The molecule has 10 heterocycles. The topological polar surface area (TPSA) is 282 Å². The van der Waals surface area contributed by atoms with Gasteiger partial charge in [0.1, 0.15) is 56.8 Å². The maximum Gasteiger partial charge on any atom is 0.346 e. The van der Waals surface area contributed by atoms with Crippen LogP contribution in [0.1, 0.15) is 27.8 Å². The summed E-state index contributed by atoms with van der Waals surface area (Å²) in [7, 11) is 0. The molecule has 0 saturated carbocycles. The summed E-state index contributed by atoms with van der Waals surface area (Å²) in [6.07, 6.45) is 9.66. The fourth-order valence-corrected chi connectivity index (χ4v) is 14.9. The van der Waals surface area contributed by atoms with Gasteiger partial charge in [-0.1, -0.05) is 218 Å². The van der Waals surface area contributed by atoms with E-state index in [4.69, 9.17) is 59.8 Å². The van der Waals surface area contributed by atoms with E-state index in [1.807, 2.05) is 170 Å². The highest BCUT2D eigenvalue weighted by Gasteiger charge is 2.26. The Bertz CT molecular complexity index is 6940. The lowest BCUT2D eigenvalue weighted by Crippen LogP contribution is -2.09. The number of H-pyrrole nitrogens is 4. The first kappa shape index (κ1) is 62.7. The molecule has 0 atom stereocenters. The van der Waals surface area contributed by atoms with Crippen LogP contribution in [0, 0.1) is 11.3 Å². The van der Waals surface area contributed by atoms with Crippen LogP contribution in [0.2, 0.25) is 0 Å². The number of benzene rings is 11. The summed E-state index contributed by atoms with van der Waals surface area (Å²) in [5.74, 6) is 2.85. The maximum atomic E-state index is 11.9. The van der Waals surface area contributed by atoms with E-state index in [0.717, 1.165) is 127 Å². The Morgan fingerprint density at radius 3 is 0.773 bits per heavy atom. The van der Waals surface area contributed by atoms with Crippen LogP contribution in [0.4, 0.5) is 17.1 Å². The van der Waals surface area contributed by atoms with Gasteiger partial charge in [0.05, 0.1) is 0 Å². The molecule has 4 aliphatic heterocycles. The number of hydrogen-bond acceptors (Lipinski definition) is 15. The highest BCUT2D eigenvalue weighted by molar-refractivity contribution is 6.09. The van der Waals surface area contributed by atoms with Crippen molar-refractivity contribution < 1.29 is 9.90 Å². The Balaban J connectivity index is 0.614.